The van der Waals surface area contributed by atoms with E-state index in [-0.39, 0.29) is 6.54 Å². The summed E-state index contributed by atoms with van der Waals surface area (Å²) >= 11 is 0. The Balaban J connectivity index is 2.60. The van der Waals surface area contributed by atoms with Crippen LogP contribution in [-0.4, -0.2) is 35.1 Å². The van der Waals surface area contributed by atoms with E-state index in [2.05, 4.69) is 25.3 Å². The first-order valence-electron chi connectivity index (χ1n) is 6.51. The fourth-order valence-corrected chi connectivity index (χ4v) is 2.69. The second-order valence-corrected chi connectivity index (χ2v) is 5.86. The van der Waals surface area contributed by atoms with Gasteiger partial charge in [0.1, 0.15) is 0 Å². The third kappa shape index (κ3) is 4.90. The number of hydrogen-bond donors (Lipinski definition) is 1. The predicted octanol–water partition coefficient (Wildman–Crippen LogP) is 2.92. The minimum atomic E-state index is -0.740. The van der Waals surface area contributed by atoms with Crippen molar-refractivity contribution < 1.29 is 9.90 Å². The molecule has 3 nitrogen and oxygen atoms in total. The van der Waals surface area contributed by atoms with E-state index in [1.807, 2.05) is 0 Å². The van der Waals surface area contributed by atoms with Crippen LogP contribution in [-0.2, 0) is 4.79 Å². The van der Waals surface area contributed by atoms with Gasteiger partial charge in [-0.1, -0.05) is 26.3 Å². The van der Waals surface area contributed by atoms with Gasteiger partial charge in [-0.15, -0.1) is 6.58 Å². The summed E-state index contributed by atoms with van der Waals surface area (Å²) in [6, 6.07) is 0.408. The molecule has 1 saturated carbocycles. The third-order valence-electron chi connectivity index (χ3n) is 3.76. The number of carboxylic acid groups (broad SMARTS) is 1. The van der Waals surface area contributed by atoms with Crippen molar-refractivity contribution >= 4 is 5.97 Å². The van der Waals surface area contributed by atoms with Crippen molar-refractivity contribution in [3.8, 4) is 0 Å². The van der Waals surface area contributed by atoms with E-state index in [9.17, 15) is 4.79 Å². The molecule has 1 atom stereocenters. The topological polar surface area (TPSA) is 40.5 Å². The molecule has 1 rings (SSSR count). The minimum Gasteiger partial charge on any atom is -0.480 e. The van der Waals surface area contributed by atoms with Gasteiger partial charge in [-0.3, -0.25) is 9.69 Å². The van der Waals surface area contributed by atoms with Crippen LogP contribution in [0, 0.1) is 5.41 Å². The maximum atomic E-state index is 10.9. The van der Waals surface area contributed by atoms with Crippen LogP contribution in [0.3, 0.4) is 0 Å². The zero-order valence-electron chi connectivity index (χ0n) is 11.1. The average Bonchev–Trinajstić information content (AvgIpc) is 2.38. The summed E-state index contributed by atoms with van der Waals surface area (Å²) in [5.74, 6) is -0.740. The van der Waals surface area contributed by atoms with Crippen molar-refractivity contribution in [2.45, 2.75) is 52.0 Å². The molecule has 0 heterocycles. The van der Waals surface area contributed by atoms with Crippen LogP contribution in [0.2, 0.25) is 0 Å². The van der Waals surface area contributed by atoms with Crippen molar-refractivity contribution in [3.63, 3.8) is 0 Å². The SMILES string of the molecule is C=CCN(CC(=O)O)C1CCCC(C)(C)CC1. The smallest absolute Gasteiger partial charge is 0.317 e. The molecule has 17 heavy (non-hydrogen) atoms. The molecule has 0 amide bonds. The summed E-state index contributed by atoms with van der Waals surface area (Å²) in [4.78, 5) is 12.9. The summed E-state index contributed by atoms with van der Waals surface area (Å²) in [6.45, 7) is 9.15. The average molecular weight is 239 g/mol. The van der Waals surface area contributed by atoms with Gasteiger partial charge in [-0.25, -0.2) is 0 Å². The first kappa shape index (κ1) is 14.2. The zero-order chi connectivity index (χ0) is 12.9. The number of hydrogen-bond acceptors (Lipinski definition) is 2. The summed E-state index contributed by atoms with van der Waals surface area (Å²) in [5.41, 5.74) is 0.415. The van der Waals surface area contributed by atoms with Crippen LogP contribution in [0.25, 0.3) is 0 Å². The molecule has 0 radical (unpaired) electrons. The monoisotopic (exact) mass is 239 g/mol. The van der Waals surface area contributed by atoms with Gasteiger partial charge in [-0.05, 0) is 31.1 Å². The van der Waals surface area contributed by atoms with Crippen molar-refractivity contribution in [1.29, 1.82) is 0 Å². The normalized spacial score (nSPS) is 24.3. The van der Waals surface area contributed by atoms with Crippen LogP contribution < -0.4 is 0 Å². The van der Waals surface area contributed by atoms with E-state index in [1.54, 1.807) is 6.08 Å². The Morgan fingerprint density at radius 3 is 2.76 bits per heavy atom. The quantitative estimate of drug-likeness (QED) is 0.592. The molecule has 0 aromatic rings. The fourth-order valence-electron chi connectivity index (χ4n) is 2.69. The lowest BCUT2D eigenvalue weighted by Gasteiger charge is -2.29. The highest BCUT2D eigenvalue weighted by Crippen LogP contribution is 2.35. The van der Waals surface area contributed by atoms with Crippen molar-refractivity contribution in [2.75, 3.05) is 13.1 Å². The van der Waals surface area contributed by atoms with E-state index in [4.69, 9.17) is 5.11 Å². The molecule has 3 heteroatoms. The largest absolute Gasteiger partial charge is 0.480 e. The van der Waals surface area contributed by atoms with Gasteiger partial charge in [0.2, 0.25) is 0 Å². The number of aliphatic carboxylic acids is 1. The maximum absolute atomic E-state index is 10.9. The Hall–Kier alpha value is -0.830. The van der Waals surface area contributed by atoms with Gasteiger partial charge in [0.15, 0.2) is 0 Å². The molecule has 1 unspecified atom stereocenters. The van der Waals surface area contributed by atoms with Crippen LogP contribution in [0.5, 0.6) is 0 Å². The lowest BCUT2D eigenvalue weighted by atomic mass is 9.85. The highest BCUT2D eigenvalue weighted by atomic mass is 16.4. The Bertz CT molecular complexity index is 273. The van der Waals surface area contributed by atoms with Crippen LogP contribution in [0.1, 0.15) is 46.0 Å². The number of nitrogens with zero attached hydrogens (tertiary/aromatic N) is 1. The number of carbonyl (C=O) groups is 1. The first-order chi connectivity index (χ1) is 7.94. The molecule has 0 saturated heterocycles. The van der Waals surface area contributed by atoms with E-state index >= 15 is 0 Å². The molecule has 1 aliphatic rings. The molecular weight excluding hydrogens is 214 g/mol. The summed E-state index contributed by atoms with van der Waals surface area (Å²) < 4.78 is 0. The first-order valence-corrected chi connectivity index (χ1v) is 6.51. The van der Waals surface area contributed by atoms with Gasteiger partial charge in [-0.2, -0.15) is 0 Å². The molecule has 1 N–H and O–H groups in total. The number of carboxylic acids is 1. The Morgan fingerprint density at radius 1 is 1.47 bits per heavy atom. The lowest BCUT2D eigenvalue weighted by Crippen LogP contribution is -2.39. The number of rotatable bonds is 5. The van der Waals surface area contributed by atoms with E-state index in [1.165, 1.54) is 19.3 Å². The maximum Gasteiger partial charge on any atom is 0.317 e. The van der Waals surface area contributed by atoms with Gasteiger partial charge < -0.3 is 5.11 Å². The standard InChI is InChI=1S/C14H25NO2/c1-4-10-15(11-13(16)17)12-6-5-8-14(2,3)9-7-12/h4,12H,1,5-11H2,2-3H3,(H,16,17). The van der Waals surface area contributed by atoms with Gasteiger partial charge in [0.25, 0.3) is 0 Å². The third-order valence-corrected chi connectivity index (χ3v) is 3.76. The van der Waals surface area contributed by atoms with E-state index < -0.39 is 5.97 Å². The summed E-state index contributed by atoms with van der Waals surface area (Å²) in [7, 11) is 0. The molecular formula is C14H25NO2. The molecule has 0 aliphatic heterocycles. The molecule has 0 aromatic carbocycles. The molecule has 1 aliphatic carbocycles. The van der Waals surface area contributed by atoms with Crippen molar-refractivity contribution in [2.24, 2.45) is 5.41 Å². The lowest BCUT2D eigenvalue weighted by molar-refractivity contribution is -0.138. The summed E-state index contributed by atoms with van der Waals surface area (Å²) in [5, 5.41) is 8.94. The molecule has 1 fully saturated rings. The van der Waals surface area contributed by atoms with Crippen LogP contribution >= 0.6 is 0 Å². The van der Waals surface area contributed by atoms with Crippen LogP contribution in [0.4, 0.5) is 0 Å². The zero-order valence-corrected chi connectivity index (χ0v) is 11.1. The molecule has 0 spiro atoms. The Morgan fingerprint density at radius 2 is 2.18 bits per heavy atom. The second kappa shape index (κ2) is 6.20. The highest BCUT2D eigenvalue weighted by molar-refractivity contribution is 5.69. The van der Waals surface area contributed by atoms with Gasteiger partial charge in [0.05, 0.1) is 6.54 Å². The summed E-state index contributed by atoms with van der Waals surface area (Å²) in [6.07, 6.45) is 7.66. The van der Waals surface area contributed by atoms with Crippen molar-refractivity contribution in [1.82, 2.24) is 4.90 Å². The molecule has 0 aromatic heterocycles. The Labute approximate surface area is 105 Å². The minimum absolute atomic E-state index is 0.136. The second-order valence-electron chi connectivity index (χ2n) is 5.86. The van der Waals surface area contributed by atoms with Gasteiger partial charge in [0, 0.05) is 12.6 Å². The Kier molecular flexibility index (Phi) is 5.19. The predicted molar refractivity (Wildman–Crippen MR) is 70.1 cm³/mol. The fraction of sp³-hybridized carbons (Fsp3) is 0.786. The van der Waals surface area contributed by atoms with Crippen LogP contribution in [0.15, 0.2) is 12.7 Å². The van der Waals surface area contributed by atoms with Crippen molar-refractivity contribution in [3.05, 3.63) is 12.7 Å². The molecule has 98 valence electrons. The van der Waals surface area contributed by atoms with E-state index in [0.29, 0.717) is 18.0 Å². The highest BCUT2D eigenvalue weighted by Gasteiger charge is 2.27. The van der Waals surface area contributed by atoms with Gasteiger partial charge >= 0.3 is 5.97 Å². The van der Waals surface area contributed by atoms with E-state index in [0.717, 1.165) is 12.8 Å². The molecule has 0 bridgehead atoms.